The highest BCUT2D eigenvalue weighted by atomic mass is 19.1. The minimum absolute atomic E-state index is 0.126. The Morgan fingerprint density at radius 2 is 1.67 bits per heavy atom. The number of hydrogen-bond acceptors (Lipinski definition) is 3. The molecule has 0 saturated heterocycles. The van der Waals surface area contributed by atoms with E-state index in [1.165, 1.54) is 43.5 Å². The molecule has 3 aromatic carbocycles. The van der Waals surface area contributed by atoms with Gasteiger partial charge in [-0.15, -0.1) is 0 Å². The zero-order valence-electron chi connectivity index (χ0n) is 16.2. The maximum absolute atomic E-state index is 14.0. The van der Waals surface area contributed by atoms with Crippen LogP contribution in [0.1, 0.15) is 15.9 Å². The fraction of sp³-hybridized carbons (Fsp3) is 0.130. The number of hydrogen-bond donors (Lipinski definition) is 2. The number of anilines is 1. The molecule has 0 radical (unpaired) electrons. The third-order valence-electron chi connectivity index (χ3n) is 4.44. The number of nitrogens with one attached hydrogen (secondary N) is 2. The van der Waals surface area contributed by atoms with E-state index in [4.69, 9.17) is 4.74 Å². The van der Waals surface area contributed by atoms with Crippen LogP contribution >= 0.6 is 0 Å². The van der Waals surface area contributed by atoms with Crippen molar-refractivity contribution in [1.82, 2.24) is 5.32 Å². The number of amides is 2. The van der Waals surface area contributed by atoms with Crippen molar-refractivity contribution in [3.05, 3.63) is 95.6 Å². The van der Waals surface area contributed by atoms with Gasteiger partial charge in [-0.3, -0.25) is 9.59 Å². The third kappa shape index (κ3) is 5.20. The largest absolute Gasteiger partial charge is 0.495 e. The van der Waals surface area contributed by atoms with Crippen LogP contribution < -0.4 is 15.4 Å². The van der Waals surface area contributed by atoms with Crippen LogP contribution in [0.15, 0.2) is 72.8 Å². The van der Waals surface area contributed by atoms with Crippen LogP contribution in [0.2, 0.25) is 0 Å². The van der Waals surface area contributed by atoms with Gasteiger partial charge in [0.1, 0.15) is 23.4 Å². The number of carbonyl (C=O) groups is 2. The first-order valence-corrected chi connectivity index (χ1v) is 9.21. The lowest BCUT2D eigenvalue weighted by Gasteiger charge is -2.20. The topological polar surface area (TPSA) is 67.4 Å². The summed E-state index contributed by atoms with van der Waals surface area (Å²) in [7, 11) is 1.39. The van der Waals surface area contributed by atoms with Crippen molar-refractivity contribution >= 4 is 17.5 Å². The number of halogens is 2. The Bertz CT molecular complexity index is 1040. The SMILES string of the molecule is COc1ccc(F)cc1NC(=O)C(Cc1ccccc1)NC(=O)c1ccccc1F. The molecule has 3 aromatic rings. The predicted molar refractivity (Wildman–Crippen MR) is 109 cm³/mol. The number of methoxy groups -OCH3 is 1. The average molecular weight is 410 g/mol. The van der Waals surface area contributed by atoms with Crippen molar-refractivity contribution in [3.63, 3.8) is 0 Å². The van der Waals surface area contributed by atoms with E-state index < -0.39 is 29.5 Å². The summed E-state index contributed by atoms with van der Waals surface area (Å²) in [6.07, 6.45) is 0.157. The lowest BCUT2D eigenvalue weighted by molar-refractivity contribution is -0.118. The maximum Gasteiger partial charge on any atom is 0.254 e. The van der Waals surface area contributed by atoms with Gasteiger partial charge in [-0.05, 0) is 29.8 Å². The van der Waals surface area contributed by atoms with Crippen LogP contribution in [0, 0.1) is 11.6 Å². The number of rotatable bonds is 7. The Kier molecular flexibility index (Phi) is 6.75. The second kappa shape index (κ2) is 9.65. The first kappa shape index (κ1) is 21.0. The van der Waals surface area contributed by atoms with Crippen LogP contribution in [-0.4, -0.2) is 25.0 Å². The van der Waals surface area contributed by atoms with Gasteiger partial charge in [-0.2, -0.15) is 0 Å². The Morgan fingerprint density at radius 3 is 2.37 bits per heavy atom. The van der Waals surface area contributed by atoms with Gasteiger partial charge in [-0.25, -0.2) is 8.78 Å². The Morgan fingerprint density at radius 1 is 0.967 bits per heavy atom. The molecule has 30 heavy (non-hydrogen) atoms. The lowest BCUT2D eigenvalue weighted by Crippen LogP contribution is -2.45. The van der Waals surface area contributed by atoms with E-state index in [1.54, 1.807) is 24.3 Å². The van der Waals surface area contributed by atoms with Gasteiger partial charge < -0.3 is 15.4 Å². The van der Waals surface area contributed by atoms with Gasteiger partial charge in [0.05, 0.1) is 18.4 Å². The summed E-state index contributed by atoms with van der Waals surface area (Å²) >= 11 is 0. The van der Waals surface area contributed by atoms with Crippen molar-refractivity contribution in [2.45, 2.75) is 12.5 Å². The van der Waals surface area contributed by atoms with Crippen LogP contribution in [0.3, 0.4) is 0 Å². The first-order valence-electron chi connectivity index (χ1n) is 9.21. The fourth-order valence-corrected chi connectivity index (χ4v) is 2.94. The normalized spacial score (nSPS) is 11.4. The van der Waals surface area contributed by atoms with E-state index >= 15 is 0 Å². The highest BCUT2D eigenvalue weighted by Crippen LogP contribution is 2.25. The van der Waals surface area contributed by atoms with Crippen molar-refractivity contribution in [2.24, 2.45) is 0 Å². The number of ether oxygens (including phenoxy) is 1. The molecule has 154 valence electrons. The summed E-state index contributed by atoms with van der Waals surface area (Å²) in [6.45, 7) is 0. The molecule has 0 fully saturated rings. The summed E-state index contributed by atoms with van der Waals surface area (Å²) in [6, 6.07) is 17.2. The molecule has 0 saturated carbocycles. The molecule has 2 amide bonds. The molecular weight excluding hydrogens is 390 g/mol. The molecular formula is C23H20F2N2O3. The summed E-state index contributed by atoms with van der Waals surface area (Å²) < 4.78 is 32.8. The van der Waals surface area contributed by atoms with Crippen LogP contribution in [0.25, 0.3) is 0 Å². The molecule has 0 aliphatic carbocycles. The van der Waals surface area contributed by atoms with E-state index in [9.17, 15) is 18.4 Å². The minimum Gasteiger partial charge on any atom is -0.495 e. The second-order valence-electron chi connectivity index (χ2n) is 6.53. The minimum atomic E-state index is -1.03. The van der Waals surface area contributed by atoms with Gasteiger partial charge >= 0.3 is 0 Å². The van der Waals surface area contributed by atoms with Crippen molar-refractivity contribution in [2.75, 3.05) is 12.4 Å². The van der Waals surface area contributed by atoms with Gasteiger partial charge in [0.15, 0.2) is 0 Å². The van der Waals surface area contributed by atoms with E-state index in [-0.39, 0.29) is 23.4 Å². The molecule has 0 heterocycles. The molecule has 1 unspecified atom stereocenters. The Hall–Kier alpha value is -3.74. The molecule has 3 rings (SSSR count). The molecule has 5 nitrogen and oxygen atoms in total. The number of carbonyl (C=O) groups excluding carboxylic acids is 2. The standard InChI is InChI=1S/C23H20F2N2O3/c1-30-21-12-11-16(24)14-19(21)26-23(29)20(13-15-7-3-2-4-8-15)27-22(28)17-9-5-6-10-18(17)25/h2-12,14,20H,13H2,1H3,(H,26,29)(H,27,28). The molecule has 0 aliphatic heterocycles. The van der Waals surface area contributed by atoms with Gasteiger partial charge in [0.25, 0.3) is 5.91 Å². The first-order chi connectivity index (χ1) is 14.5. The fourth-order valence-electron chi connectivity index (χ4n) is 2.94. The summed E-state index contributed by atoms with van der Waals surface area (Å²) in [5.74, 6) is -2.30. The molecule has 2 N–H and O–H groups in total. The van der Waals surface area contributed by atoms with E-state index in [1.807, 2.05) is 6.07 Å². The highest BCUT2D eigenvalue weighted by molar-refractivity contribution is 6.02. The molecule has 0 bridgehead atoms. The molecule has 0 aliphatic rings. The van der Waals surface area contributed by atoms with Crippen LogP contribution in [0.5, 0.6) is 5.75 Å². The highest BCUT2D eigenvalue weighted by Gasteiger charge is 2.24. The Labute approximate surface area is 172 Å². The van der Waals surface area contributed by atoms with Gasteiger partial charge in [0.2, 0.25) is 5.91 Å². The summed E-state index contributed by atoms with van der Waals surface area (Å²) in [5, 5.41) is 5.15. The third-order valence-corrected chi connectivity index (χ3v) is 4.44. The monoisotopic (exact) mass is 410 g/mol. The van der Waals surface area contributed by atoms with Crippen molar-refractivity contribution < 1.29 is 23.1 Å². The molecule has 0 spiro atoms. The molecule has 1 atom stereocenters. The van der Waals surface area contributed by atoms with Crippen LogP contribution in [-0.2, 0) is 11.2 Å². The smallest absolute Gasteiger partial charge is 0.254 e. The predicted octanol–water partition coefficient (Wildman–Crippen LogP) is 3.95. The van der Waals surface area contributed by atoms with Crippen molar-refractivity contribution in [3.8, 4) is 5.75 Å². The zero-order valence-corrected chi connectivity index (χ0v) is 16.2. The average Bonchev–Trinajstić information content (AvgIpc) is 2.74. The quantitative estimate of drug-likeness (QED) is 0.620. The van der Waals surface area contributed by atoms with Crippen molar-refractivity contribution in [1.29, 1.82) is 0 Å². The Balaban J connectivity index is 1.85. The summed E-state index contributed by atoms with van der Waals surface area (Å²) in [5.41, 5.74) is 0.741. The second-order valence-corrected chi connectivity index (χ2v) is 6.53. The number of benzene rings is 3. The molecule has 7 heteroatoms. The zero-order chi connectivity index (χ0) is 21.5. The van der Waals surface area contributed by atoms with E-state index in [2.05, 4.69) is 10.6 Å². The maximum atomic E-state index is 14.0. The van der Waals surface area contributed by atoms with E-state index in [0.29, 0.717) is 0 Å². The lowest BCUT2D eigenvalue weighted by atomic mass is 10.0. The van der Waals surface area contributed by atoms with Crippen LogP contribution in [0.4, 0.5) is 14.5 Å². The van der Waals surface area contributed by atoms with Gasteiger partial charge in [-0.1, -0.05) is 42.5 Å². The summed E-state index contributed by atoms with van der Waals surface area (Å²) in [4.78, 5) is 25.5. The van der Waals surface area contributed by atoms with E-state index in [0.717, 1.165) is 11.6 Å². The van der Waals surface area contributed by atoms with Gasteiger partial charge in [0, 0.05) is 12.5 Å². The molecule has 0 aromatic heterocycles.